The highest BCUT2D eigenvalue weighted by Gasteiger charge is 2.14. The van der Waals surface area contributed by atoms with Gasteiger partial charge in [-0.25, -0.2) is 9.97 Å². The molecule has 102 valence electrons. The summed E-state index contributed by atoms with van der Waals surface area (Å²) in [6.45, 7) is 4.02. The Morgan fingerprint density at radius 2 is 2.00 bits per heavy atom. The molecular weight excluding hydrogens is 252 g/mol. The highest BCUT2D eigenvalue weighted by atomic mass is 15.4. The molecule has 0 unspecified atom stereocenters. The van der Waals surface area contributed by atoms with Crippen LogP contribution >= 0.6 is 0 Å². The molecule has 3 aromatic rings. The predicted molar refractivity (Wildman–Crippen MR) is 78.1 cm³/mol. The molecule has 0 radical (unpaired) electrons. The van der Waals surface area contributed by atoms with Gasteiger partial charge >= 0.3 is 0 Å². The smallest absolute Gasteiger partial charge is 0.164 e. The van der Waals surface area contributed by atoms with Gasteiger partial charge in [-0.1, -0.05) is 24.3 Å². The predicted octanol–water partition coefficient (Wildman–Crippen LogP) is 2.12. The minimum Gasteiger partial charge on any atom is -0.373 e. The van der Waals surface area contributed by atoms with Crippen LogP contribution in [-0.2, 0) is 6.42 Å². The Morgan fingerprint density at radius 3 is 2.75 bits per heavy atom. The molecular formula is C14H16N6. The molecule has 0 aliphatic carbocycles. The molecule has 1 N–H and O–H groups in total. The number of fused-ring (bicyclic) bond motifs is 1. The summed E-state index contributed by atoms with van der Waals surface area (Å²) in [6.07, 6.45) is 0.772. The molecule has 0 atom stereocenters. The normalized spacial score (nSPS) is 10.9. The first-order chi connectivity index (χ1) is 9.74. The maximum Gasteiger partial charge on any atom is 0.164 e. The van der Waals surface area contributed by atoms with E-state index in [0.29, 0.717) is 0 Å². The summed E-state index contributed by atoms with van der Waals surface area (Å²) in [5.74, 6) is 2.39. The molecule has 0 bridgehead atoms. The van der Waals surface area contributed by atoms with Gasteiger partial charge in [-0.2, -0.15) is 4.68 Å². The monoisotopic (exact) mass is 268 g/mol. The summed E-state index contributed by atoms with van der Waals surface area (Å²) in [7, 11) is 1.86. The number of benzene rings is 1. The van der Waals surface area contributed by atoms with Crippen molar-refractivity contribution >= 4 is 16.9 Å². The van der Waals surface area contributed by atoms with Crippen LogP contribution < -0.4 is 5.32 Å². The van der Waals surface area contributed by atoms with E-state index in [0.717, 1.165) is 40.5 Å². The zero-order chi connectivity index (χ0) is 14.1. The minimum absolute atomic E-state index is 0.772. The van der Waals surface area contributed by atoms with Gasteiger partial charge in [0.1, 0.15) is 17.2 Å². The number of anilines is 1. The molecule has 1 aromatic carbocycles. The van der Waals surface area contributed by atoms with Crippen molar-refractivity contribution in [2.24, 2.45) is 0 Å². The first kappa shape index (κ1) is 12.5. The van der Waals surface area contributed by atoms with Crippen molar-refractivity contribution in [2.45, 2.75) is 20.3 Å². The van der Waals surface area contributed by atoms with Crippen LogP contribution in [0.3, 0.4) is 0 Å². The SMILES string of the molecule is CCc1nc(NC)c(C)c(-n2nnc3ccccc32)n1. The zero-order valence-corrected chi connectivity index (χ0v) is 11.8. The Hall–Kier alpha value is -2.50. The number of nitrogens with zero attached hydrogens (tertiary/aromatic N) is 5. The first-order valence-electron chi connectivity index (χ1n) is 6.60. The van der Waals surface area contributed by atoms with E-state index in [1.54, 1.807) is 4.68 Å². The molecule has 3 rings (SSSR count). The fraction of sp³-hybridized carbons (Fsp3) is 0.286. The maximum atomic E-state index is 4.60. The number of aromatic nitrogens is 5. The van der Waals surface area contributed by atoms with Crippen molar-refractivity contribution in [1.82, 2.24) is 25.0 Å². The lowest BCUT2D eigenvalue weighted by molar-refractivity contribution is 0.775. The molecule has 20 heavy (non-hydrogen) atoms. The molecule has 0 aliphatic rings. The van der Waals surface area contributed by atoms with Gasteiger partial charge in [-0.05, 0) is 19.1 Å². The second-order valence-electron chi connectivity index (χ2n) is 4.53. The lowest BCUT2D eigenvalue weighted by Gasteiger charge is -2.11. The van der Waals surface area contributed by atoms with E-state index in [-0.39, 0.29) is 0 Å². The van der Waals surface area contributed by atoms with Gasteiger partial charge in [-0.15, -0.1) is 5.10 Å². The third-order valence-electron chi connectivity index (χ3n) is 3.27. The second kappa shape index (κ2) is 4.88. The quantitative estimate of drug-likeness (QED) is 0.788. The Morgan fingerprint density at radius 1 is 1.20 bits per heavy atom. The Labute approximate surface area is 116 Å². The van der Waals surface area contributed by atoms with E-state index in [1.807, 2.05) is 45.2 Å². The number of hydrogen-bond donors (Lipinski definition) is 1. The van der Waals surface area contributed by atoms with E-state index in [1.165, 1.54) is 0 Å². The molecule has 2 aromatic heterocycles. The van der Waals surface area contributed by atoms with Gasteiger partial charge in [0.25, 0.3) is 0 Å². The van der Waals surface area contributed by atoms with Crippen LogP contribution in [0.1, 0.15) is 18.3 Å². The van der Waals surface area contributed by atoms with E-state index >= 15 is 0 Å². The van der Waals surface area contributed by atoms with Crippen molar-refractivity contribution in [2.75, 3.05) is 12.4 Å². The minimum atomic E-state index is 0.772. The Balaban J connectivity index is 2.28. The molecule has 0 amide bonds. The zero-order valence-electron chi connectivity index (χ0n) is 11.8. The van der Waals surface area contributed by atoms with Crippen LogP contribution in [0.4, 0.5) is 5.82 Å². The molecule has 0 fully saturated rings. The average Bonchev–Trinajstić information content (AvgIpc) is 2.91. The van der Waals surface area contributed by atoms with Gasteiger partial charge in [0.2, 0.25) is 0 Å². The van der Waals surface area contributed by atoms with Crippen molar-refractivity contribution in [3.8, 4) is 5.82 Å². The van der Waals surface area contributed by atoms with Gasteiger partial charge in [0, 0.05) is 19.0 Å². The number of para-hydroxylation sites is 1. The van der Waals surface area contributed by atoms with Crippen LogP contribution in [0.15, 0.2) is 24.3 Å². The van der Waals surface area contributed by atoms with Crippen molar-refractivity contribution < 1.29 is 0 Å². The molecule has 6 nitrogen and oxygen atoms in total. The van der Waals surface area contributed by atoms with Crippen molar-refractivity contribution in [1.29, 1.82) is 0 Å². The summed E-state index contributed by atoms with van der Waals surface area (Å²) < 4.78 is 1.77. The third kappa shape index (κ3) is 1.89. The fourth-order valence-electron chi connectivity index (χ4n) is 2.18. The van der Waals surface area contributed by atoms with Crippen molar-refractivity contribution in [3.63, 3.8) is 0 Å². The van der Waals surface area contributed by atoms with Crippen LogP contribution in [0, 0.1) is 6.92 Å². The highest BCUT2D eigenvalue weighted by molar-refractivity contribution is 5.76. The van der Waals surface area contributed by atoms with Crippen LogP contribution in [0.25, 0.3) is 16.9 Å². The lowest BCUT2D eigenvalue weighted by Crippen LogP contribution is -2.10. The third-order valence-corrected chi connectivity index (χ3v) is 3.27. The van der Waals surface area contributed by atoms with E-state index in [9.17, 15) is 0 Å². The largest absolute Gasteiger partial charge is 0.373 e. The molecule has 0 spiro atoms. The number of rotatable bonds is 3. The lowest BCUT2D eigenvalue weighted by atomic mass is 10.2. The molecule has 0 saturated carbocycles. The summed E-state index contributed by atoms with van der Waals surface area (Å²) >= 11 is 0. The van der Waals surface area contributed by atoms with Gasteiger partial charge in [0.05, 0.1) is 5.52 Å². The number of nitrogens with one attached hydrogen (secondary N) is 1. The van der Waals surface area contributed by atoms with E-state index < -0.39 is 0 Å². The second-order valence-corrected chi connectivity index (χ2v) is 4.53. The summed E-state index contributed by atoms with van der Waals surface area (Å²) in [6, 6.07) is 7.85. The standard InChI is InChI=1S/C14H16N6/c1-4-12-16-13(15-3)9(2)14(17-12)20-11-8-6-5-7-10(11)18-19-20/h5-8H,4H2,1-3H3,(H,15,16,17). The van der Waals surface area contributed by atoms with Crippen LogP contribution in [-0.4, -0.2) is 32.0 Å². The molecule has 2 heterocycles. The van der Waals surface area contributed by atoms with Gasteiger partial charge < -0.3 is 5.32 Å². The maximum absolute atomic E-state index is 4.60. The highest BCUT2D eigenvalue weighted by Crippen LogP contribution is 2.21. The average molecular weight is 268 g/mol. The summed E-state index contributed by atoms with van der Waals surface area (Å²) in [4.78, 5) is 9.08. The molecule has 6 heteroatoms. The Kier molecular flexibility index (Phi) is 3.06. The van der Waals surface area contributed by atoms with E-state index in [4.69, 9.17) is 0 Å². The first-order valence-corrected chi connectivity index (χ1v) is 6.60. The molecule has 0 saturated heterocycles. The topological polar surface area (TPSA) is 68.5 Å². The fourth-order valence-corrected chi connectivity index (χ4v) is 2.18. The van der Waals surface area contributed by atoms with Crippen LogP contribution in [0.2, 0.25) is 0 Å². The number of aryl methyl sites for hydroxylation is 1. The van der Waals surface area contributed by atoms with Gasteiger partial charge in [-0.3, -0.25) is 0 Å². The Bertz CT molecular complexity index is 761. The number of hydrogen-bond acceptors (Lipinski definition) is 5. The molecule has 0 aliphatic heterocycles. The van der Waals surface area contributed by atoms with Crippen molar-refractivity contribution in [3.05, 3.63) is 35.7 Å². The summed E-state index contributed by atoms with van der Waals surface area (Å²) in [5.41, 5.74) is 2.76. The van der Waals surface area contributed by atoms with E-state index in [2.05, 4.69) is 25.6 Å². The van der Waals surface area contributed by atoms with Gasteiger partial charge in [0.15, 0.2) is 5.82 Å². The van der Waals surface area contributed by atoms with Crippen LogP contribution in [0.5, 0.6) is 0 Å². The summed E-state index contributed by atoms with van der Waals surface area (Å²) in [5, 5.41) is 11.5.